The van der Waals surface area contributed by atoms with E-state index in [2.05, 4.69) is 36.8 Å². The lowest BCUT2D eigenvalue weighted by Crippen LogP contribution is -2.54. The maximum Gasteiger partial charge on any atom is 0.306 e. The fourth-order valence-corrected chi connectivity index (χ4v) is 2.90. The van der Waals surface area contributed by atoms with E-state index in [1.807, 2.05) is 0 Å². The van der Waals surface area contributed by atoms with E-state index in [4.69, 9.17) is 0 Å². The first-order chi connectivity index (χ1) is 12.1. The smallest absolute Gasteiger partial charge is 0.306 e. The Morgan fingerprint density at radius 1 is 0.920 bits per heavy atom. The molecule has 0 amide bonds. The number of ether oxygens (including phenoxy) is 2. The third kappa shape index (κ3) is 9.74. The summed E-state index contributed by atoms with van der Waals surface area (Å²) < 4.78 is 9.23. The van der Waals surface area contributed by atoms with Gasteiger partial charge in [-0.3, -0.25) is 19.4 Å². The Kier molecular flexibility index (Phi) is 11.4. The third-order valence-electron chi connectivity index (χ3n) is 4.50. The van der Waals surface area contributed by atoms with Gasteiger partial charge in [0.05, 0.1) is 27.1 Å². The molecule has 146 valence electrons. The van der Waals surface area contributed by atoms with Crippen LogP contribution in [0.5, 0.6) is 0 Å². The van der Waals surface area contributed by atoms with Crippen molar-refractivity contribution >= 4 is 11.9 Å². The van der Waals surface area contributed by atoms with E-state index in [1.165, 1.54) is 14.2 Å². The monoisotopic (exact) mass is 358 g/mol. The van der Waals surface area contributed by atoms with E-state index < -0.39 is 0 Å². The second-order valence-corrected chi connectivity index (χ2v) is 6.34. The number of esters is 2. The zero-order valence-electron chi connectivity index (χ0n) is 15.9. The summed E-state index contributed by atoms with van der Waals surface area (Å²) in [5.74, 6) is -0.343. The molecule has 1 rings (SSSR count). The molecule has 0 aromatic rings. The number of piperazine rings is 1. The Morgan fingerprint density at radius 2 is 1.48 bits per heavy atom. The first-order valence-corrected chi connectivity index (χ1v) is 9.08. The van der Waals surface area contributed by atoms with Crippen LogP contribution in [0.1, 0.15) is 19.8 Å². The van der Waals surface area contributed by atoms with Crippen LogP contribution in [0.4, 0.5) is 0 Å². The molecule has 8 heteroatoms. The minimum absolute atomic E-state index is 0.171. The van der Waals surface area contributed by atoms with Gasteiger partial charge in [-0.2, -0.15) is 0 Å². The molecular formula is C17H34N4O4. The zero-order chi connectivity index (χ0) is 18.5. The molecule has 0 aliphatic carbocycles. The van der Waals surface area contributed by atoms with Gasteiger partial charge >= 0.3 is 11.9 Å². The van der Waals surface area contributed by atoms with Crippen molar-refractivity contribution in [3.8, 4) is 0 Å². The van der Waals surface area contributed by atoms with E-state index in [0.717, 1.165) is 45.8 Å². The second kappa shape index (κ2) is 13.0. The predicted molar refractivity (Wildman–Crippen MR) is 96.5 cm³/mol. The topological polar surface area (TPSA) is 83.1 Å². The average Bonchev–Trinajstić information content (AvgIpc) is 2.62. The molecule has 1 fully saturated rings. The molecule has 0 aromatic carbocycles. The molecule has 2 N–H and O–H groups in total. The normalized spacial score (nSPS) is 18.9. The molecule has 0 radical (unpaired) electrons. The summed E-state index contributed by atoms with van der Waals surface area (Å²) in [5.41, 5.74) is 0. The van der Waals surface area contributed by atoms with Crippen LogP contribution in [0.2, 0.25) is 0 Å². The highest BCUT2D eigenvalue weighted by Crippen LogP contribution is 2.08. The number of nitrogens with zero attached hydrogens (tertiary/aromatic N) is 2. The van der Waals surface area contributed by atoms with E-state index >= 15 is 0 Å². The van der Waals surface area contributed by atoms with Gasteiger partial charge in [0, 0.05) is 64.9 Å². The van der Waals surface area contributed by atoms with Crippen LogP contribution in [0, 0.1) is 0 Å². The highest BCUT2D eigenvalue weighted by atomic mass is 16.5. The molecule has 1 saturated heterocycles. The molecule has 0 bridgehead atoms. The number of nitrogens with one attached hydrogen (secondary N) is 2. The minimum Gasteiger partial charge on any atom is -0.469 e. The van der Waals surface area contributed by atoms with Crippen LogP contribution in [-0.4, -0.2) is 101 Å². The molecule has 1 aliphatic heterocycles. The lowest BCUT2D eigenvalue weighted by atomic mass is 10.2. The average molecular weight is 358 g/mol. The number of carbonyl (C=O) groups excluding carboxylic acids is 2. The highest BCUT2D eigenvalue weighted by molar-refractivity contribution is 5.69. The number of hydrogen-bond donors (Lipinski definition) is 2. The summed E-state index contributed by atoms with van der Waals surface area (Å²) >= 11 is 0. The van der Waals surface area contributed by atoms with Gasteiger partial charge in [0.1, 0.15) is 0 Å². The fourth-order valence-electron chi connectivity index (χ4n) is 2.90. The van der Waals surface area contributed by atoms with Gasteiger partial charge in [0.25, 0.3) is 0 Å². The SMILES string of the molecule is COC(=O)CCNCCN1CCN(CCNCCC(=O)OC)[C@@H](C)C1. The molecule has 1 aliphatic rings. The van der Waals surface area contributed by atoms with Gasteiger partial charge in [-0.15, -0.1) is 0 Å². The number of rotatable bonds is 12. The minimum atomic E-state index is -0.172. The van der Waals surface area contributed by atoms with Crippen molar-refractivity contribution in [1.29, 1.82) is 0 Å². The van der Waals surface area contributed by atoms with Gasteiger partial charge in [0.15, 0.2) is 0 Å². The molecular weight excluding hydrogens is 324 g/mol. The molecule has 0 spiro atoms. The van der Waals surface area contributed by atoms with Crippen LogP contribution in [0.3, 0.4) is 0 Å². The van der Waals surface area contributed by atoms with Crippen LogP contribution < -0.4 is 10.6 Å². The summed E-state index contributed by atoms with van der Waals surface area (Å²) in [6.07, 6.45) is 0.840. The molecule has 1 atom stereocenters. The second-order valence-electron chi connectivity index (χ2n) is 6.34. The highest BCUT2D eigenvalue weighted by Gasteiger charge is 2.22. The van der Waals surface area contributed by atoms with Crippen molar-refractivity contribution in [3.63, 3.8) is 0 Å². The Morgan fingerprint density at radius 3 is 2.00 bits per heavy atom. The van der Waals surface area contributed by atoms with Gasteiger partial charge in [0.2, 0.25) is 0 Å². The predicted octanol–water partition coefficient (Wildman–Crippen LogP) is -0.702. The maximum absolute atomic E-state index is 11.0. The van der Waals surface area contributed by atoms with E-state index in [-0.39, 0.29) is 11.9 Å². The number of methoxy groups -OCH3 is 2. The lowest BCUT2D eigenvalue weighted by molar-refractivity contribution is -0.141. The maximum atomic E-state index is 11.0. The van der Waals surface area contributed by atoms with E-state index in [0.29, 0.717) is 32.0 Å². The summed E-state index contributed by atoms with van der Waals surface area (Å²) in [6, 6.07) is 0.520. The van der Waals surface area contributed by atoms with Crippen LogP contribution in [-0.2, 0) is 19.1 Å². The first-order valence-electron chi connectivity index (χ1n) is 9.08. The Bertz CT molecular complexity index is 395. The van der Waals surface area contributed by atoms with Gasteiger partial charge in [-0.05, 0) is 6.92 Å². The van der Waals surface area contributed by atoms with Crippen molar-refractivity contribution in [2.24, 2.45) is 0 Å². The van der Waals surface area contributed by atoms with Crippen molar-refractivity contribution in [1.82, 2.24) is 20.4 Å². The van der Waals surface area contributed by atoms with E-state index in [9.17, 15) is 9.59 Å². The first kappa shape index (κ1) is 21.8. The van der Waals surface area contributed by atoms with Crippen molar-refractivity contribution in [2.45, 2.75) is 25.8 Å². The molecule has 0 saturated carbocycles. The van der Waals surface area contributed by atoms with Crippen molar-refractivity contribution in [3.05, 3.63) is 0 Å². The molecule has 1 heterocycles. The molecule has 8 nitrogen and oxygen atoms in total. The van der Waals surface area contributed by atoms with Gasteiger partial charge in [-0.25, -0.2) is 0 Å². The number of hydrogen-bond acceptors (Lipinski definition) is 8. The fraction of sp³-hybridized carbons (Fsp3) is 0.882. The van der Waals surface area contributed by atoms with Crippen LogP contribution in [0.15, 0.2) is 0 Å². The summed E-state index contributed by atoms with van der Waals surface area (Å²) in [7, 11) is 2.83. The summed E-state index contributed by atoms with van der Waals surface area (Å²) in [5, 5.41) is 6.57. The Labute approximate surface area is 151 Å². The quantitative estimate of drug-likeness (QED) is 0.350. The molecule has 0 aromatic heterocycles. The zero-order valence-corrected chi connectivity index (χ0v) is 15.9. The third-order valence-corrected chi connectivity index (χ3v) is 4.50. The summed E-state index contributed by atoms with van der Waals surface area (Å²) in [4.78, 5) is 27.0. The van der Waals surface area contributed by atoms with Crippen LogP contribution >= 0.6 is 0 Å². The lowest BCUT2D eigenvalue weighted by Gasteiger charge is -2.40. The van der Waals surface area contributed by atoms with Gasteiger partial charge < -0.3 is 20.1 Å². The Hall–Kier alpha value is -1.22. The largest absolute Gasteiger partial charge is 0.469 e. The molecule has 25 heavy (non-hydrogen) atoms. The summed E-state index contributed by atoms with van der Waals surface area (Å²) in [6.45, 7) is 10.5. The van der Waals surface area contributed by atoms with Gasteiger partial charge in [-0.1, -0.05) is 0 Å². The number of carbonyl (C=O) groups is 2. The molecule has 0 unspecified atom stereocenters. The van der Waals surface area contributed by atoms with E-state index in [1.54, 1.807) is 0 Å². The standard InChI is InChI=1S/C17H34N4O4/c1-15-14-20(10-8-18-6-4-16(22)24-2)12-13-21(15)11-9-19-7-5-17(23)25-3/h15,18-19H,4-14H2,1-3H3/t15-/m0/s1. The van der Waals surface area contributed by atoms with Crippen molar-refractivity contribution < 1.29 is 19.1 Å². The Balaban J connectivity index is 2.05. The van der Waals surface area contributed by atoms with Crippen molar-refractivity contribution in [2.75, 3.05) is 73.1 Å². The van der Waals surface area contributed by atoms with Crippen LogP contribution in [0.25, 0.3) is 0 Å².